The van der Waals surface area contributed by atoms with E-state index in [4.69, 9.17) is 0 Å². The Bertz CT molecular complexity index is 890. The zero-order valence-electron chi connectivity index (χ0n) is 15.5. The molecule has 1 aromatic carbocycles. The van der Waals surface area contributed by atoms with Gasteiger partial charge in [-0.15, -0.1) is 0 Å². The number of amides is 1. The third-order valence-electron chi connectivity index (χ3n) is 5.57. The summed E-state index contributed by atoms with van der Waals surface area (Å²) in [5.41, 5.74) is 2.43. The van der Waals surface area contributed by atoms with Gasteiger partial charge in [0, 0.05) is 36.2 Å². The molecule has 0 spiro atoms. The van der Waals surface area contributed by atoms with Crippen LogP contribution in [0.2, 0.25) is 0 Å². The molecule has 2 bridgehead atoms. The van der Waals surface area contributed by atoms with Crippen LogP contribution in [-0.4, -0.2) is 45.9 Å². The summed E-state index contributed by atoms with van der Waals surface area (Å²) in [6.45, 7) is 1.93. The number of hydrogen-bond donors (Lipinski definition) is 1. The Kier molecular flexibility index (Phi) is 4.40. The third-order valence-corrected chi connectivity index (χ3v) is 5.57. The lowest BCUT2D eigenvalue weighted by Gasteiger charge is -2.22. The summed E-state index contributed by atoms with van der Waals surface area (Å²) in [4.78, 5) is 25.1. The predicted octanol–water partition coefficient (Wildman–Crippen LogP) is 2.37. The lowest BCUT2D eigenvalue weighted by molar-refractivity contribution is 0.0928. The minimum atomic E-state index is -0.0913. The Labute approximate surface area is 158 Å². The molecule has 1 amide bonds. The van der Waals surface area contributed by atoms with Gasteiger partial charge in [-0.2, -0.15) is 5.26 Å². The Morgan fingerprint density at radius 3 is 2.74 bits per heavy atom. The van der Waals surface area contributed by atoms with Gasteiger partial charge in [-0.3, -0.25) is 4.79 Å². The smallest absolute Gasteiger partial charge is 0.251 e. The lowest BCUT2D eigenvalue weighted by atomic mass is 9.95. The first-order valence-corrected chi connectivity index (χ1v) is 9.19. The Balaban J connectivity index is 1.43. The second-order valence-electron chi connectivity index (χ2n) is 7.23. The van der Waals surface area contributed by atoms with Crippen molar-refractivity contribution in [3.63, 3.8) is 0 Å². The van der Waals surface area contributed by atoms with E-state index in [2.05, 4.69) is 21.5 Å². The first-order chi connectivity index (χ1) is 13.1. The van der Waals surface area contributed by atoms with Crippen molar-refractivity contribution in [1.82, 2.24) is 20.2 Å². The molecule has 27 heavy (non-hydrogen) atoms. The highest BCUT2D eigenvalue weighted by atomic mass is 16.1. The van der Waals surface area contributed by atoms with Crippen molar-refractivity contribution in [3.8, 4) is 6.19 Å². The van der Waals surface area contributed by atoms with Gasteiger partial charge in [0.05, 0.1) is 12.1 Å². The molecule has 1 N–H and O–H groups in total. The first kappa shape index (κ1) is 17.3. The van der Waals surface area contributed by atoms with Gasteiger partial charge >= 0.3 is 0 Å². The standard InChI is InChI=1S/C20H22N6O/c1-13-9-10-22-20(23-13)25(2)15-5-3-14(4-6-15)19(27)24-17-11-16-7-8-18(17)26(16)12-21/h3-6,9-10,16-18H,7-8,11H2,1-2H3,(H,24,27)/t16-,17+,18+/m0/s1. The van der Waals surface area contributed by atoms with E-state index >= 15 is 0 Å². The number of aryl methyl sites for hydroxylation is 1. The molecule has 2 saturated heterocycles. The number of nitrogens with one attached hydrogen (secondary N) is 1. The number of benzene rings is 1. The summed E-state index contributed by atoms with van der Waals surface area (Å²) < 4.78 is 0. The monoisotopic (exact) mass is 362 g/mol. The fourth-order valence-corrected chi connectivity index (χ4v) is 4.10. The molecular formula is C20H22N6O. The van der Waals surface area contributed by atoms with Crippen LogP contribution >= 0.6 is 0 Å². The molecule has 0 radical (unpaired) electrons. The van der Waals surface area contributed by atoms with Crippen LogP contribution in [0.4, 0.5) is 11.6 Å². The molecule has 3 heterocycles. The summed E-state index contributed by atoms with van der Waals surface area (Å²) >= 11 is 0. The molecule has 0 aliphatic carbocycles. The van der Waals surface area contributed by atoms with E-state index in [1.54, 1.807) is 6.20 Å². The molecule has 7 nitrogen and oxygen atoms in total. The maximum atomic E-state index is 12.6. The van der Waals surface area contributed by atoms with Crippen LogP contribution in [0.15, 0.2) is 36.5 Å². The van der Waals surface area contributed by atoms with Crippen molar-refractivity contribution in [2.24, 2.45) is 0 Å². The van der Waals surface area contributed by atoms with Crippen LogP contribution in [0.5, 0.6) is 0 Å². The molecule has 2 aliphatic rings. The summed E-state index contributed by atoms with van der Waals surface area (Å²) in [6.07, 6.45) is 6.89. The van der Waals surface area contributed by atoms with Crippen molar-refractivity contribution in [2.75, 3.05) is 11.9 Å². The highest BCUT2D eigenvalue weighted by Gasteiger charge is 2.46. The highest BCUT2D eigenvalue weighted by molar-refractivity contribution is 5.94. The number of rotatable bonds is 4. The number of fused-ring (bicyclic) bond motifs is 2. The van der Waals surface area contributed by atoms with Gasteiger partial charge in [-0.05, 0) is 56.5 Å². The second kappa shape index (κ2) is 6.88. The molecule has 0 unspecified atom stereocenters. The molecule has 2 fully saturated rings. The van der Waals surface area contributed by atoms with Crippen LogP contribution in [0.1, 0.15) is 35.3 Å². The SMILES string of the molecule is Cc1ccnc(N(C)c2ccc(C(=O)N[C@@H]3C[C@@H]4CC[C@H]3N4C#N)cc2)n1. The van der Waals surface area contributed by atoms with Gasteiger partial charge < -0.3 is 15.1 Å². The van der Waals surface area contributed by atoms with Crippen molar-refractivity contribution in [3.05, 3.63) is 47.8 Å². The van der Waals surface area contributed by atoms with E-state index in [0.717, 1.165) is 30.6 Å². The summed E-state index contributed by atoms with van der Waals surface area (Å²) in [5, 5.41) is 12.4. The summed E-state index contributed by atoms with van der Waals surface area (Å²) in [7, 11) is 1.90. The van der Waals surface area contributed by atoms with Crippen molar-refractivity contribution < 1.29 is 4.79 Å². The minimum Gasteiger partial charge on any atom is -0.347 e. The van der Waals surface area contributed by atoms with Gasteiger partial charge in [0.2, 0.25) is 5.95 Å². The van der Waals surface area contributed by atoms with Crippen LogP contribution < -0.4 is 10.2 Å². The fraction of sp³-hybridized carbons (Fsp3) is 0.400. The average Bonchev–Trinajstić information content (AvgIpc) is 3.24. The number of anilines is 2. The maximum Gasteiger partial charge on any atom is 0.251 e. The van der Waals surface area contributed by atoms with Crippen LogP contribution in [0, 0.1) is 18.4 Å². The fourth-order valence-electron chi connectivity index (χ4n) is 4.10. The zero-order valence-corrected chi connectivity index (χ0v) is 15.5. The molecule has 7 heteroatoms. The third kappa shape index (κ3) is 3.19. The summed E-state index contributed by atoms with van der Waals surface area (Å²) in [6, 6.07) is 9.75. The Morgan fingerprint density at radius 1 is 1.30 bits per heavy atom. The molecular weight excluding hydrogens is 340 g/mol. The van der Waals surface area contributed by atoms with Gasteiger partial charge in [-0.1, -0.05) is 0 Å². The Morgan fingerprint density at radius 2 is 2.07 bits per heavy atom. The van der Waals surface area contributed by atoms with Gasteiger partial charge in [0.25, 0.3) is 5.91 Å². The number of aromatic nitrogens is 2. The highest BCUT2D eigenvalue weighted by Crippen LogP contribution is 2.37. The molecule has 2 aromatic rings. The molecule has 4 rings (SSSR count). The van der Waals surface area contributed by atoms with E-state index in [0.29, 0.717) is 11.5 Å². The maximum absolute atomic E-state index is 12.6. The van der Waals surface area contributed by atoms with Crippen LogP contribution in [0.25, 0.3) is 0 Å². The normalized spacial score (nSPS) is 23.1. The van der Waals surface area contributed by atoms with Crippen LogP contribution in [0.3, 0.4) is 0 Å². The molecule has 2 aliphatic heterocycles. The van der Waals surface area contributed by atoms with Gasteiger partial charge in [0.1, 0.15) is 0 Å². The van der Waals surface area contributed by atoms with E-state index < -0.39 is 0 Å². The number of nitriles is 1. The van der Waals surface area contributed by atoms with E-state index in [9.17, 15) is 10.1 Å². The average molecular weight is 362 g/mol. The lowest BCUT2D eigenvalue weighted by Crippen LogP contribution is -2.43. The topological polar surface area (TPSA) is 85.2 Å². The largest absolute Gasteiger partial charge is 0.347 e. The molecule has 0 saturated carbocycles. The summed E-state index contributed by atoms with van der Waals surface area (Å²) in [5.74, 6) is 0.525. The number of hydrogen-bond acceptors (Lipinski definition) is 6. The second-order valence-corrected chi connectivity index (χ2v) is 7.23. The van der Waals surface area contributed by atoms with Gasteiger partial charge in [-0.25, -0.2) is 9.97 Å². The Hall–Kier alpha value is -3.14. The van der Waals surface area contributed by atoms with E-state index in [-0.39, 0.29) is 24.0 Å². The van der Waals surface area contributed by atoms with Crippen molar-refractivity contribution in [1.29, 1.82) is 5.26 Å². The molecule has 1 aromatic heterocycles. The quantitative estimate of drug-likeness (QED) is 0.841. The van der Waals surface area contributed by atoms with Crippen molar-refractivity contribution >= 4 is 17.5 Å². The minimum absolute atomic E-state index is 0.0546. The predicted molar refractivity (Wildman–Crippen MR) is 101 cm³/mol. The van der Waals surface area contributed by atoms with Crippen LogP contribution in [-0.2, 0) is 0 Å². The molecule has 3 atom stereocenters. The zero-order chi connectivity index (χ0) is 19.0. The molecule has 138 valence electrons. The number of carbonyl (C=O) groups is 1. The van der Waals surface area contributed by atoms with E-state index in [1.165, 1.54) is 0 Å². The number of nitrogens with zero attached hydrogens (tertiary/aromatic N) is 5. The van der Waals surface area contributed by atoms with Crippen molar-refractivity contribution in [2.45, 2.75) is 44.3 Å². The number of carbonyl (C=O) groups excluding carboxylic acids is 1. The van der Waals surface area contributed by atoms with Gasteiger partial charge in [0.15, 0.2) is 6.19 Å². The first-order valence-electron chi connectivity index (χ1n) is 9.19. The van der Waals surface area contributed by atoms with E-state index in [1.807, 2.05) is 54.1 Å².